The van der Waals surface area contributed by atoms with Crippen LogP contribution in [0.1, 0.15) is 32.1 Å². The molecule has 3 atom stereocenters. The lowest BCUT2D eigenvalue weighted by atomic mass is 9.83. The molecule has 5 heteroatoms. The van der Waals surface area contributed by atoms with Crippen LogP contribution in [0, 0.1) is 5.41 Å². The van der Waals surface area contributed by atoms with Gasteiger partial charge in [0.15, 0.2) is 0 Å². The van der Waals surface area contributed by atoms with Gasteiger partial charge in [-0.2, -0.15) is 0 Å². The maximum atomic E-state index is 13.1. The van der Waals surface area contributed by atoms with E-state index in [0.29, 0.717) is 19.3 Å². The van der Waals surface area contributed by atoms with Crippen LogP contribution in [0.5, 0.6) is 0 Å². The summed E-state index contributed by atoms with van der Waals surface area (Å²) in [6.07, 6.45) is 5.78. The smallest absolute Gasteiger partial charge is 0.232 e. The number of carbonyl (C=O) groups excluding carboxylic acids is 1. The summed E-state index contributed by atoms with van der Waals surface area (Å²) in [6, 6.07) is 0.291. The van der Waals surface area contributed by atoms with Crippen molar-refractivity contribution in [1.29, 1.82) is 0 Å². The average molecular weight is 282 g/mol. The molecule has 1 saturated carbocycles. The first-order valence-corrected chi connectivity index (χ1v) is 7.89. The van der Waals surface area contributed by atoms with Crippen LogP contribution in [-0.4, -0.2) is 62.9 Å². The van der Waals surface area contributed by atoms with Crippen molar-refractivity contribution in [3.63, 3.8) is 0 Å². The van der Waals surface area contributed by atoms with E-state index in [0.717, 1.165) is 38.9 Å². The van der Waals surface area contributed by atoms with Gasteiger partial charge in [0.05, 0.1) is 30.8 Å². The van der Waals surface area contributed by atoms with Crippen molar-refractivity contribution in [2.45, 2.75) is 44.2 Å². The van der Waals surface area contributed by atoms with Crippen molar-refractivity contribution < 1.29 is 14.3 Å². The number of carbonyl (C=O) groups is 1. The number of hydrogen-bond donors (Lipinski definition) is 1. The van der Waals surface area contributed by atoms with Gasteiger partial charge < -0.3 is 19.7 Å². The fraction of sp³-hybridized carbons (Fsp3) is 0.933. The summed E-state index contributed by atoms with van der Waals surface area (Å²) in [5.74, 6) is 0.282. The quantitative estimate of drug-likeness (QED) is 0.831. The van der Waals surface area contributed by atoms with Gasteiger partial charge in [0.1, 0.15) is 0 Å². The summed E-state index contributed by atoms with van der Waals surface area (Å²) in [6.45, 7) is 3.60. The highest BCUT2D eigenvalue weighted by molar-refractivity contribution is 5.84. The Morgan fingerprint density at radius 3 is 3.05 bits per heavy atom. The van der Waals surface area contributed by atoms with Crippen molar-refractivity contribution >= 4 is 5.91 Å². The first kappa shape index (κ1) is 14.3. The molecule has 0 radical (unpaired) electrons. The molecular formula is C15H26N2O3. The Balaban J connectivity index is 1.77. The predicted octanol–water partition coefficient (Wildman–Crippen LogP) is 0.783. The Morgan fingerprint density at radius 1 is 1.45 bits per heavy atom. The van der Waals surface area contributed by atoms with Crippen LogP contribution in [0.15, 0.2) is 0 Å². The number of ether oxygens (including phenoxy) is 2. The highest BCUT2D eigenvalue weighted by atomic mass is 16.5. The van der Waals surface area contributed by atoms with E-state index in [9.17, 15) is 4.79 Å². The van der Waals surface area contributed by atoms with Gasteiger partial charge >= 0.3 is 0 Å². The summed E-state index contributed by atoms with van der Waals surface area (Å²) in [7, 11) is 1.69. The van der Waals surface area contributed by atoms with Crippen LogP contribution in [0.3, 0.4) is 0 Å². The highest BCUT2D eigenvalue weighted by Gasteiger charge is 2.47. The van der Waals surface area contributed by atoms with Gasteiger partial charge in [0, 0.05) is 20.2 Å². The minimum atomic E-state index is -0.353. The second-order valence-electron chi connectivity index (χ2n) is 6.40. The van der Waals surface area contributed by atoms with Crippen molar-refractivity contribution in [2.75, 3.05) is 40.0 Å². The SMILES string of the molecule is COCC1(C(=O)N2CCOC3CCCCC32)CCNC1. The summed E-state index contributed by atoms with van der Waals surface area (Å²) in [5.41, 5.74) is -0.353. The van der Waals surface area contributed by atoms with Crippen LogP contribution >= 0.6 is 0 Å². The van der Waals surface area contributed by atoms with Crippen LogP contribution in [0.4, 0.5) is 0 Å². The van der Waals surface area contributed by atoms with Crippen LogP contribution in [0.2, 0.25) is 0 Å². The van der Waals surface area contributed by atoms with Gasteiger partial charge in [-0.05, 0) is 25.8 Å². The lowest BCUT2D eigenvalue weighted by Gasteiger charge is -2.46. The zero-order valence-corrected chi connectivity index (χ0v) is 12.4. The molecule has 2 saturated heterocycles. The van der Waals surface area contributed by atoms with Crippen molar-refractivity contribution in [1.82, 2.24) is 10.2 Å². The monoisotopic (exact) mass is 282 g/mol. The van der Waals surface area contributed by atoms with Gasteiger partial charge in [-0.15, -0.1) is 0 Å². The number of nitrogens with one attached hydrogen (secondary N) is 1. The number of morpholine rings is 1. The number of methoxy groups -OCH3 is 1. The number of fused-ring (bicyclic) bond motifs is 1. The molecule has 0 spiro atoms. The lowest BCUT2D eigenvalue weighted by Crippen LogP contribution is -2.59. The normalized spacial score (nSPS) is 37.8. The zero-order valence-electron chi connectivity index (χ0n) is 12.4. The standard InChI is InChI=1S/C15H26N2O3/c1-19-11-15(6-7-16-10-15)14(18)17-8-9-20-13-5-3-2-4-12(13)17/h12-13,16H,2-11H2,1H3. The predicted molar refractivity (Wildman–Crippen MR) is 75.5 cm³/mol. The minimum absolute atomic E-state index is 0.260. The Morgan fingerprint density at radius 2 is 2.30 bits per heavy atom. The van der Waals surface area contributed by atoms with E-state index >= 15 is 0 Å². The lowest BCUT2D eigenvalue weighted by molar-refractivity contribution is -0.161. The molecule has 114 valence electrons. The molecule has 0 bridgehead atoms. The van der Waals surface area contributed by atoms with Crippen LogP contribution in [0.25, 0.3) is 0 Å². The number of nitrogens with zero attached hydrogens (tertiary/aromatic N) is 1. The summed E-state index contributed by atoms with van der Waals surface area (Å²) in [4.78, 5) is 15.2. The molecule has 0 aromatic heterocycles. The molecular weight excluding hydrogens is 256 g/mol. The molecule has 3 rings (SSSR count). The van der Waals surface area contributed by atoms with E-state index < -0.39 is 0 Å². The minimum Gasteiger partial charge on any atom is -0.384 e. The fourth-order valence-corrected chi connectivity index (χ4v) is 4.04. The van der Waals surface area contributed by atoms with E-state index in [-0.39, 0.29) is 17.4 Å². The Kier molecular flexibility index (Phi) is 4.29. The third-order valence-electron chi connectivity index (χ3n) is 5.11. The molecule has 1 aliphatic carbocycles. The van der Waals surface area contributed by atoms with E-state index in [4.69, 9.17) is 9.47 Å². The topological polar surface area (TPSA) is 50.8 Å². The van der Waals surface area contributed by atoms with Crippen molar-refractivity contribution in [3.05, 3.63) is 0 Å². The maximum Gasteiger partial charge on any atom is 0.232 e. The highest BCUT2D eigenvalue weighted by Crippen LogP contribution is 2.34. The number of rotatable bonds is 3. The Labute approximate surface area is 121 Å². The molecule has 2 aliphatic heterocycles. The molecule has 0 aromatic rings. The van der Waals surface area contributed by atoms with Crippen molar-refractivity contribution in [3.8, 4) is 0 Å². The van der Waals surface area contributed by atoms with E-state index in [2.05, 4.69) is 10.2 Å². The van der Waals surface area contributed by atoms with Crippen LogP contribution < -0.4 is 5.32 Å². The summed E-state index contributed by atoms with van der Waals surface area (Å²) >= 11 is 0. The zero-order chi connectivity index (χ0) is 14.0. The van der Waals surface area contributed by atoms with E-state index in [1.807, 2.05) is 0 Å². The van der Waals surface area contributed by atoms with Crippen LogP contribution in [-0.2, 0) is 14.3 Å². The average Bonchev–Trinajstić information content (AvgIpc) is 2.96. The van der Waals surface area contributed by atoms with Gasteiger partial charge in [-0.1, -0.05) is 12.8 Å². The Hall–Kier alpha value is -0.650. The molecule has 5 nitrogen and oxygen atoms in total. The van der Waals surface area contributed by atoms with Gasteiger partial charge in [-0.25, -0.2) is 0 Å². The second kappa shape index (κ2) is 6.00. The molecule has 1 amide bonds. The molecule has 3 aliphatic rings. The largest absolute Gasteiger partial charge is 0.384 e. The van der Waals surface area contributed by atoms with E-state index in [1.54, 1.807) is 7.11 Å². The van der Waals surface area contributed by atoms with Gasteiger partial charge in [-0.3, -0.25) is 4.79 Å². The Bertz CT molecular complexity index is 353. The molecule has 3 unspecified atom stereocenters. The maximum absolute atomic E-state index is 13.1. The molecule has 0 aromatic carbocycles. The first-order chi connectivity index (χ1) is 9.77. The third kappa shape index (κ3) is 2.47. The molecule has 3 fully saturated rings. The number of hydrogen-bond acceptors (Lipinski definition) is 4. The molecule has 1 N–H and O–H groups in total. The van der Waals surface area contributed by atoms with Gasteiger partial charge in [0.25, 0.3) is 0 Å². The van der Waals surface area contributed by atoms with Crippen molar-refractivity contribution in [2.24, 2.45) is 5.41 Å². The van der Waals surface area contributed by atoms with Gasteiger partial charge in [0.2, 0.25) is 5.91 Å². The third-order valence-corrected chi connectivity index (χ3v) is 5.11. The molecule has 2 heterocycles. The second-order valence-corrected chi connectivity index (χ2v) is 6.40. The molecule has 20 heavy (non-hydrogen) atoms. The van der Waals surface area contributed by atoms with E-state index in [1.165, 1.54) is 12.8 Å². The summed E-state index contributed by atoms with van der Waals surface area (Å²) in [5, 5.41) is 3.33. The summed E-state index contributed by atoms with van der Waals surface area (Å²) < 4.78 is 11.2. The number of amides is 1. The first-order valence-electron chi connectivity index (χ1n) is 7.89. The fourth-order valence-electron chi connectivity index (χ4n) is 4.04.